The molecule has 90 valence electrons. The highest BCUT2D eigenvalue weighted by atomic mass is 28.2. The van der Waals surface area contributed by atoms with E-state index in [1.165, 1.54) is 14.2 Å². The van der Waals surface area contributed by atoms with Crippen LogP contribution in [0.3, 0.4) is 0 Å². The van der Waals surface area contributed by atoms with Crippen LogP contribution in [0.1, 0.15) is 13.3 Å². The number of hydrogen-bond acceptors (Lipinski definition) is 5. The quantitative estimate of drug-likeness (QED) is 0.261. The normalized spacial score (nSPS) is 26.4. The lowest BCUT2D eigenvalue weighted by atomic mass is 10.3. The van der Waals surface area contributed by atoms with Crippen molar-refractivity contribution in [3.05, 3.63) is 0 Å². The van der Waals surface area contributed by atoms with E-state index in [0.29, 0.717) is 6.61 Å². The van der Waals surface area contributed by atoms with Crippen molar-refractivity contribution in [2.45, 2.75) is 31.1 Å². The Kier molecular flexibility index (Phi) is 4.69. The standard InChI is InChI=1S/C9H20O5Si/c1-5-6-15-14-9(11-3,12-4)8(10-2)7-13-8/h5-7,15H2,1-4H3. The maximum absolute atomic E-state index is 5.73. The van der Waals surface area contributed by atoms with Gasteiger partial charge < -0.3 is 23.4 Å². The van der Waals surface area contributed by atoms with Gasteiger partial charge in [0.1, 0.15) is 6.61 Å². The number of methoxy groups -OCH3 is 3. The molecule has 0 bridgehead atoms. The molecule has 0 aromatic carbocycles. The number of hydrogen-bond donors (Lipinski definition) is 0. The van der Waals surface area contributed by atoms with Gasteiger partial charge in [-0.3, -0.25) is 0 Å². The molecule has 1 fully saturated rings. The molecule has 5 nitrogen and oxygen atoms in total. The smallest absolute Gasteiger partial charge is 0.332 e. The van der Waals surface area contributed by atoms with Crippen molar-refractivity contribution in [1.82, 2.24) is 0 Å². The van der Waals surface area contributed by atoms with E-state index in [1.807, 2.05) is 0 Å². The first-order valence-corrected chi connectivity index (χ1v) is 6.71. The molecule has 1 saturated heterocycles. The molecule has 1 unspecified atom stereocenters. The fourth-order valence-electron chi connectivity index (χ4n) is 1.46. The van der Waals surface area contributed by atoms with Crippen LogP contribution in [0.5, 0.6) is 0 Å². The molecule has 1 atom stereocenters. The van der Waals surface area contributed by atoms with Crippen molar-refractivity contribution >= 4 is 9.76 Å². The first kappa shape index (κ1) is 13.1. The molecule has 1 aliphatic heterocycles. The lowest BCUT2D eigenvalue weighted by Gasteiger charge is -2.34. The fraction of sp³-hybridized carbons (Fsp3) is 1.00. The molecule has 0 aromatic rings. The van der Waals surface area contributed by atoms with Crippen molar-refractivity contribution in [2.24, 2.45) is 0 Å². The monoisotopic (exact) mass is 236 g/mol. The summed E-state index contributed by atoms with van der Waals surface area (Å²) in [6.07, 6.45) is 1.11. The summed E-state index contributed by atoms with van der Waals surface area (Å²) in [5.41, 5.74) is 0. The van der Waals surface area contributed by atoms with Gasteiger partial charge in [0.05, 0.1) is 0 Å². The van der Waals surface area contributed by atoms with Crippen LogP contribution in [0.2, 0.25) is 6.04 Å². The van der Waals surface area contributed by atoms with Gasteiger partial charge in [-0.15, -0.1) is 0 Å². The highest BCUT2D eigenvalue weighted by Crippen LogP contribution is 2.42. The van der Waals surface area contributed by atoms with Crippen molar-refractivity contribution in [1.29, 1.82) is 0 Å². The van der Waals surface area contributed by atoms with E-state index in [1.54, 1.807) is 7.11 Å². The van der Waals surface area contributed by atoms with Crippen molar-refractivity contribution in [3.63, 3.8) is 0 Å². The van der Waals surface area contributed by atoms with Gasteiger partial charge in [-0.05, 0) is 6.04 Å². The largest absolute Gasteiger partial charge is 0.372 e. The van der Waals surface area contributed by atoms with Crippen LogP contribution in [0.15, 0.2) is 0 Å². The second-order valence-electron chi connectivity index (χ2n) is 3.41. The van der Waals surface area contributed by atoms with Crippen LogP contribution >= 0.6 is 0 Å². The summed E-state index contributed by atoms with van der Waals surface area (Å²) in [6, 6.07) is 1.08. The molecular formula is C9H20O5Si. The molecule has 6 heteroatoms. The van der Waals surface area contributed by atoms with Gasteiger partial charge in [0, 0.05) is 21.3 Å². The zero-order valence-electron chi connectivity index (χ0n) is 9.87. The SMILES string of the molecule is CCC[SiH2]OC(OC)(OC)C1(OC)CO1. The maximum Gasteiger partial charge on any atom is 0.332 e. The van der Waals surface area contributed by atoms with Crippen molar-refractivity contribution in [3.8, 4) is 0 Å². The summed E-state index contributed by atoms with van der Waals surface area (Å²) in [5.74, 6) is -2.07. The van der Waals surface area contributed by atoms with E-state index in [9.17, 15) is 0 Å². The number of rotatable bonds is 8. The Bertz CT molecular complexity index is 191. The van der Waals surface area contributed by atoms with Crippen LogP contribution in [0.25, 0.3) is 0 Å². The Morgan fingerprint density at radius 1 is 1.33 bits per heavy atom. The lowest BCUT2D eigenvalue weighted by Crippen LogP contribution is -2.53. The van der Waals surface area contributed by atoms with Gasteiger partial charge in [-0.1, -0.05) is 13.3 Å². The minimum Gasteiger partial charge on any atom is -0.372 e. The Balaban J connectivity index is 2.61. The van der Waals surface area contributed by atoms with Gasteiger partial charge in [-0.2, -0.15) is 0 Å². The zero-order chi connectivity index (χ0) is 11.4. The zero-order valence-corrected chi connectivity index (χ0v) is 11.3. The first-order valence-electron chi connectivity index (χ1n) is 5.13. The van der Waals surface area contributed by atoms with Gasteiger partial charge >= 0.3 is 5.97 Å². The summed E-state index contributed by atoms with van der Waals surface area (Å²) in [4.78, 5) is 0. The van der Waals surface area contributed by atoms with Gasteiger partial charge in [0.25, 0.3) is 5.79 Å². The van der Waals surface area contributed by atoms with Gasteiger partial charge in [0.2, 0.25) is 0 Å². The average Bonchev–Trinajstić information content (AvgIpc) is 3.06. The minimum absolute atomic E-state index is 0.436. The Morgan fingerprint density at radius 2 is 1.93 bits per heavy atom. The van der Waals surface area contributed by atoms with Crippen molar-refractivity contribution < 1.29 is 23.4 Å². The summed E-state index contributed by atoms with van der Waals surface area (Å²) in [5, 5.41) is 0. The third-order valence-electron chi connectivity index (χ3n) is 2.53. The van der Waals surface area contributed by atoms with Crippen LogP contribution in [-0.4, -0.2) is 49.5 Å². The van der Waals surface area contributed by atoms with Crippen molar-refractivity contribution in [2.75, 3.05) is 27.9 Å². The molecule has 0 spiro atoms. The Morgan fingerprint density at radius 3 is 2.27 bits per heavy atom. The molecule has 0 radical (unpaired) electrons. The molecular weight excluding hydrogens is 216 g/mol. The Hall–Kier alpha value is 0.0169. The topological polar surface area (TPSA) is 49.5 Å². The molecule has 0 aliphatic carbocycles. The van der Waals surface area contributed by atoms with E-state index in [2.05, 4.69) is 6.92 Å². The highest BCUT2D eigenvalue weighted by Gasteiger charge is 2.66. The number of epoxide rings is 1. The minimum atomic E-state index is -1.19. The summed E-state index contributed by atoms with van der Waals surface area (Å²) in [7, 11) is 3.95. The van der Waals surface area contributed by atoms with Crippen LogP contribution in [0, 0.1) is 0 Å². The summed E-state index contributed by atoms with van der Waals surface area (Å²) >= 11 is 0. The first-order chi connectivity index (χ1) is 7.20. The third kappa shape index (κ3) is 2.40. The van der Waals surface area contributed by atoms with E-state index in [-0.39, 0.29) is 0 Å². The second-order valence-corrected chi connectivity index (χ2v) is 4.82. The van der Waals surface area contributed by atoms with Gasteiger partial charge in [0.15, 0.2) is 9.76 Å². The average molecular weight is 236 g/mol. The van der Waals surface area contributed by atoms with E-state index in [0.717, 1.165) is 12.5 Å². The third-order valence-corrected chi connectivity index (χ3v) is 4.11. The van der Waals surface area contributed by atoms with Gasteiger partial charge in [-0.25, -0.2) is 0 Å². The Labute approximate surface area is 92.9 Å². The molecule has 1 heterocycles. The van der Waals surface area contributed by atoms with Crippen LogP contribution in [0.4, 0.5) is 0 Å². The van der Waals surface area contributed by atoms with E-state index >= 15 is 0 Å². The number of ether oxygens (including phenoxy) is 4. The lowest BCUT2D eigenvalue weighted by molar-refractivity contribution is -0.395. The predicted molar refractivity (Wildman–Crippen MR) is 57.2 cm³/mol. The fourth-order valence-corrected chi connectivity index (χ4v) is 2.62. The molecule has 0 amide bonds. The van der Waals surface area contributed by atoms with Crippen LogP contribution < -0.4 is 0 Å². The highest BCUT2D eigenvalue weighted by molar-refractivity contribution is 6.27. The van der Waals surface area contributed by atoms with E-state index < -0.39 is 21.5 Å². The molecule has 0 saturated carbocycles. The summed E-state index contributed by atoms with van der Waals surface area (Å²) < 4.78 is 26.8. The predicted octanol–water partition coefficient (Wildman–Crippen LogP) is 0.235. The molecule has 15 heavy (non-hydrogen) atoms. The maximum atomic E-state index is 5.73. The molecule has 1 aliphatic rings. The molecule has 0 N–H and O–H groups in total. The second kappa shape index (κ2) is 5.38. The molecule has 1 rings (SSSR count). The summed E-state index contributed by atoms with van der Waals surface area (Å²) in [6.45, 7) is 2.56. The van der Waals surface area contributed by atoms with Crippen LogP contribution in [-0.2, 0) is 23.4 Å². The van der Waals surface area contributed by atoms with E-state index in [4.69, 9.17) is 23.4 Å². The molecule has 0 aromatic heterocycles.